The minimum atomic E-state index is -0.0410. The van der Waals surface area contributed by atoms with Crippen molar-refractivity contribution in [3.8, 4) is 5.75 Å². The number of ether oxygens (including phenoxy) is 2. The topological polar surface area (TPSA) is 88.1 Å². The van der Waals surface area contributed by atoms with Crippen LogP contribution >= 0.6 is 0 Å². The van der Waals surface area contributed by atoms with E-state index >= 15 is 0 Å². The van der Waals surface area contributed by atoms with Gasteiger partial charge in [-0.2, -0.15) is 0 Å². The van der Waals surface area contributed by atoms with Gasteiger partial charge in [0.1, 0.15) is 5.75 Å². The molecule has 2 amide bonds. The molecule has 2 aliphatic rings. The SMILES string of the molecule is O=C1CCc2cc(OCCCC(=O)N(CCO)CC3CCCCO3)ccc2N1. The van der Waals surface area contributed by atoms with Crippen molar-refractivity contribution in [3.63, 3.8) is 0 Å². The largest absolute Gasteiger partial charge is 0.494 e. The number of anilines is 1. The second kappa shape index (κ2) is 10.4. The Morgan fingerprint density at radius 2 is 2.21 bits per heavy atom. The average molecular weight is 390 g/mol. The molecule has 7 heteroatoms. The molecule has 154 valence electrons. The molecule has 0 radical (unpaired) electrons. The lowest BCUT2D eigenvalue weighted by Crippen LogP contribution is -2.41. The first-order valence-corrected chi connectivity index (χ1v) is 10.2. The number of amides is 2. The molecule has 0 aromatic heterocycles. The first-order chi connectivity index (χ1) is 13.7. The van der Waals surface area contributed by atoms with Gasteiger partial charge >= 0.3 is 0 Å². The Balaban J connectivity index is 1.41. The molecule has 1 fully saturated rings. The molecule has 1 atom stereocenters. The third-order valence-electron chi connectivity index (χ3n) is 5.20. The maximum Gasteiger partial charge on any atom is 0.224 e. The highest BCUT2D eigenvalue weighted by Gasteiger charge is 2.21. The Labute approximate surface area is 166 Å². The fourth-order valence-corrected chi connectivity index (χ4v) is 3.66. The minimum Gasteiger partial charge on any atom is -0.494 e. The summed E-state index contributed by atoms with van der Waals surface area (Å²) >= 11 is 0. The summed E-state index contributed by atoms with van der Waals surface area (Å²) in [7, 11) is 0. The second-order valence-electron chi connectivity index (χ2n) is 7.37. The van der Waals surface area contributed by atoms with Gasteiger partial charge in [-0.25, -0.2) is 0 Å². The molecular weight excluding hydrogens is 360 g/mol. The van der Waals surface area contributed by atoms with Crippen molar-refractivity contribution < 1.29 is 24.2 Å². The van der Waals surface area contributed by atoms with E-state index in [9.17, 15) is 14.7 Å². The van der Waals surface area contributed by atoms with Crippen molar-refractivity contribution in [3.05, 3.63) is 23.8 Å². The van der Waals surface area contributed by atoms with Gasteiger partial charge in [0.05, 0.1) is 19.3 Å². The monoisotopic (exact) mass is 390 g/mol. The first kappa shape index (κ1) is 20.6. The number of fused-ring (bicyclic) bond motifs is 1. The van der Waals surface area contributed by atoms with E-state index in [0.29, 0.717) is 39.0 Å². The number of benzene rings is 1. The second-order valence-corrected chi connectivity index (χ2v) is 7.37. The van der Waals surface area contributed by atoms with Crippen molar-refractivity contribution in [2.45, 2.75) is 51.0 Å². The molecule has 0 saturated carbocycles. The van der Waals surface area contributed by atoms with Gasteiger partial charge in [0.15, 0.2) is 0 Å². The van der Waals surface area contributed by atoms with E-state index in [0.717, 1.165) is 49.3 Å². The molecule has 1 aromatic rings. The molecule has 0 spiro atoms. The number of aliphatic hydroxyl groups excluding tert-OH is 1. The van der Waals surface area contributed by atoms with Crippen molar-refractivity contribution in [2.75, 3.05) is 38.2 Å². The number of hydrogen-bond acceptors (Lipinski definition) is 5. The molecule has 2 aliphatic heterocycles. The van der Waals surface area contributed by atoms with E-state index < -0.39 is 0 Å². The number of rotatable bonds is 9. The van der Waals surface area contributed by atoms with Crippen LogP contribution in [0.3, 0.4) is 0 Å². The minimum absolute atomic E-state index is 0.0278. The smallest absolute Gasteiger partial charge is 0.224 e. The number of nitrogens with one attached hydrogen (secondary N) is 1. The van der Waals surface area contributed by atoms with Gasteiger partial charge in [-0.3, -0.25) is 9.59 Å². The molecule has 1 aromatic carbocycles. The molecule has 28 heavy (non-hydrogen) atoms. The first-order valence-electron chi connectivity index (χ1n) is 10.2. The Morgan fingerprint density at radius 1 is 1.32 bits per heavy atom. The van der Waals surface area contributed by atoms with E-state index in [-0.39, 0.29) is 24.5 Å². The molecule has 7 nitrogen and oxygen atoms in total. The zero-order valence-corrected chi connectivity index (χ0v) is 16.3. The maximum atomic E-state index is 12.5. The van der Waals surface area contributed by atoms with Crippen molar-refractivity contribution in [2.24, 2.45) is 0 Å². The van der Waals surface area contributed by atoms with Crippen LogP contribution in [-0.4, -0.2) is 60.8 Å². The number of aryl methyl sites for hydroxylation is 1. The Hall–Kier alpha value is -2.12. The van der Waals surface area contributed by atoms with E-state index in [4.69, 9.17) is 9.47 Å². The van der Waals surface area contributed by atoms with Gasteiger partial charge in [0.2, 0.25) is 11.8 Å². The molecule has 3 rings (SSSR count). The highest BCUT2D eigenvalue weighted by molar-refractivity contribution is 5.94. The standard InChI is InChI=1S/C21H30N2O5/c24-11-10-23(15-18-4-1-2-12-28-18)21(26)5-3-13-27-17-7-8-19-16(14-17)6-9-20(25)22-19/h7-8,14,18,24H,1-6,9-13,15H2,(H,22,25). The molecule has 0 aliphatic carbocycles. The summed E-state index contributed by atoms with van der Waals surface area (Å²) in [5.74, 6) is 0.830. The van der Waals surface area contributed by atoms with Crippen LogP contribution in [0.5, 0.6) is 5.75 Å². The van der Waals surface area contributed by atoms with Crippen LogP contribution in [0.15, 0.2) is 18.2 Å². The zero-order valence-electron chi connectivity index (χ0n) is 16.3. The highest BCUT2D eigenvalue weighted by atomic mass is 16.5. The molecule has 2 heterocycles. The van der Waals surface area contributed by atoms with Crippen LogP contribution in [0.25, 0.3) is 0 Å². The maximum absolute atomic E-state index is 12.5. The Kier molecular flexibility index (Phi) is 7.68. The summed E-state index contributed by atoms with van der Waals surface area (Å²) in [6, 6.07) is 5.65. The third-order valence-corrected chi connectivity index (χ3v) is 5.20. The fourth-order valence-electron chi connectivity index (χ4n) is 3.66. The molecule has 1 saturated heterocycles. The number of carbonyl (C=O) groups is 2. The lowest BCUT2D eigenvalue weighted by Gasteiger charge is -2.29. The number of hydrogen-bond donors (Lipinski definition) is 2. The Bertz CT molecular complexity index is 673. The number of aliphatic hydroxyl groups is 1. The summed E-state index contributed by atoms with van der Waals surface area (Å²) in [6.45, 7) is 2.06. The van der Waals surface area contributed by atoms with Crippen LogP contribution in [0.1, 0.15) is 44.1 Å². The zero-order chi connectivity index (χ0) is 19.8. The van der Waals surface area contributed by atoms with Gasteiger partial charge < -0.3 is 24.8 Å². The van der Waals surface area contributed by atoms with Gasteiger partial charge in [-0.15, -0.1) is 0 Å². The van der Waals surface area contributed by atoms with Gasteiger partial charge in [0, 0.05) is 38.2 Å². The number of carbonyl (C=O) groups excluding carboxylic acids is 2. The van der Waals surface area contributed by atoms with Crippen molar-refractivity contribution >= 4 is 17.5 Å². The van der Waals surface area contributed by atoms with Crippen LogP contribution in [0.2, 0.25) is 0 Å². The summed E-state index contributed by atoms with van der Waals surface area (Å²) < 4.78 is 11.5. The van der Waals surface area contributed by atoms with Crippen LogP contribution < -0.4 is 10.1 Å². The molecule has 1 unspecified atom stereocenters. The van der Waals surface area contributed by atoms with E-state index in [1.54, 1.807) is 4.90 Å². The predicted molar refractivity (Wildman–Crippen MR) is 105 cm³/mol. The van der Waals surface area contributed by atoms with Crippen LogP contribution in [0, 0.1) is 0 Å². The van der Waals surface area contributed by atoms with Gasteiger partial charge in [0.25, 0.3) is 0 Å². The number of nitrogens with zero attached hydrogens (tertiary/aromatic N) is 1. The molecule has 0 bridgehead atoms. The predicted octanol–water partition coefficient (Wildman–Crippen LogP) is 2.12. The van der Waals surface area contributed by atoms with E-state index in [1.165, 1.54) is 0 Å². The van der Waals surface area contributed by atoms with Crippen LogP contribution in [0.4, 0.5) is 5.69 Å². The third kappa shape index (κ3) is 5.94. The normalized spacial score (nSPS) is 18.9. The van der Waals surface area contributed by atoms with Crippen molar-refractivity contribution in [1.82, 2.24) is 4.90 Å². The van der Waals surface area contributed by atoms with Crippen molar-refractivity contribution in [1.29, 1.82) is 0 Å². The average Bonchev–Trinajstić information content (AvgIpc) is 2.71. The quantitative estimate of drug-likeness (QED) is 0.631. The fraction of sp³-hybridized carbons (Fsp3) is 0.619. The highest BCUT2D eigenvalue weighted by Crippen LogP contribution is 2.26. The van der Waals surface area contributed by atoms with E-state index in [1.807, 2.05) is 18.2 Å². The summed E-state index contributed by atoms with van der Waals surface area (Å²) in [4.78, 5) is 25.6. The molecule has 2 N–H and O–H groups in total. The summed E-state index contributed by atoms with van der Waals surface area (Å²) in [5, 5.41) is 12.1. The van der Waals surface area contributed by atoms with Crippen LogP contribution in [-0.2, 0) is 20.7 Å². The Morgan fingerprint density at radius 3 is 3.00 bits per heavy atom. The summed E-state index contributed by atoms with van der Waals surface area (Å²) in [6.07, 6.45) is 5.47. The van der Waals surface area contributed by atoms with Gasteiger partial charge in [-0.05, 0) is 55.9 Å². The lowest BCUT2D eigenvalue weighted by atomic mass is 10.0. The molecular formula is C21H30N2O5. The lowest BCUT2D eigenvalue weighted by molar-refractivity contribution is -0.134. The van der Waals surface area contributed by atoms with E-state index in [2.05, 4.69) is 5.32 Å². The summed E-state index contributed by atoms with van der Waals surface area (Å²) in [5.41, 5.74) is 1.93. The van der Waals surface area contributed by atoms with Gasteiger partial charge in [-0.1, -0.05) is 0 Å².